The number of nitrogens with one attached hydrogen (secondary N) is 1. The number of amides is 2. The first-order valence-corrected chi connectivity index (χ1v) is 7.09. The lowest BCUT2D eigenvalue weighted by Gasteiger charge is -2.20. The Morgan fingerprint density at radius 3 is 2.68 bits per heavy atom. The number of nitrogens with zero attached hydrogens (tertiary/aromatic N) is 2. The van der Waals surface area contributed by atoms with Gasteiger partial charge in [0.2, 0.25) is 5.91 Å². The number of likely N-dealkylation sites (N-methyl/N-ethyl adjacent to an activating group) is 1. The predicted octanol–water partition coefficient (Wildman–Crippen LogP) is 0.588. The maximum Gasteiger partial charge on any atom is 0.273 e. The monoisotopic (exact) mass is 284 g/mol. The predicted molar refractivity (Wildman–Crippen MR) is 74.9 cm³/mol. The van der Waals surface area contributed by atoms with Crippen molar-refractivity contribution in [2.45, 2.75) is 33.4 Å². The van der Waals surface area contributed by atoms with Crippen LogP contribution in [-0.4, -0.2) is 40.8 Å². The van der Waals surface area contributed by atoms with E-state index in [1.54, 1.807) is 5.38 Å². The Balaban J connectivity index is 2.68. The quantitative estimate of drug-likeness (QED) is 0.800. The minimum absolute atomic E-state index is 0.0446. The Labute approximate surface area is 117 Å². The standard InChI is InChI=1S/C12H20N4O2S/c1-4-16(6-10(17)14-8(2)3)12(18)9-7-19-11(5-13)15-9/h7-8H,4-6,13H2,1-3H3,(H,14,17). The molecule has 0 saturated heterocycles. The van der Waals surface area contributed by atoms with Crippen LogP contribution in [0.25, 0.3) is 0 Å². The molecule has 0 unspecified atom stereocenters. The van der Waals surface area contributed by atoms with E-state index >= 15 is 0 Å². The van der Waals surface area contributed by atoms with Crippen LogP contribution < -0.4 is 11.1 Å². The van der Waals surface area contributed by atoms with Crippen LogP contribution in [-0.2, 0) is 11.3 Å². The largest absolute Gasteiger partial charge is 0.352 e. The topological polar surface area (TPSA) is 88.3 Å². The SMILES string of the molecule is CCN(CC(=O)NC(C)C)C(=O)c1csc(CN)n1. The summed E-state index contributed by atoms with van der Waals surface area (Å²) >= 11 is 1.35. The van der Waals surface area contributed by atoms with Gasteiger partial charge in [-0.1, -0.05) is 0 Å². The highest BCUT2D eigenvalue weighted by molar-refractivity contribution is 7.09. The smallest absolute Gasteiger partial charge is 0.273 e. The van der Waals surface area contributed by atoms with Crippen molar-refractivity contribution in [3.8, 4) is 0 Å². The van der Waals surface area contributed by atoms with Crippen molar-refractivity contribution in [2.75, 3.05) is 13.1 Å². The van der Waals surface area contributed by atoms with Gasteiger partial charge in [-0.25, -0.2) is 4.98 Å². The molecule has 6 nitrogen and oxygen atoms in total. The molecule has 2 amide bonds. The maximum absolute atomic E-state index is 12.2. The van der Waals surface area contributed by atoms with Crippen molar-refractivity contribution in [1.82, 2.24) is 15.2 Å². The summed E-state index contributed by atoms with van der Waals surface area (Å²) in [7, 11) is 0. The summed E-state index contributed by atoms with van der Waals surface area (Å²) in [5, 5.41) is 5.15. The van der Waals surface area contributed by atoms with E-state index < -0.39 is 0 Å². The molecule has 0 aromatic carbocycles. The third-order valence-corrected chi connectivity index (χ3v) is 3.27. The summed E-state index contributed by atoms with van der Waals surface area (Å²) in [6.45, 7) is 6.41. The molecule has 0 atom stereocenters. The van der Waals surface area contributed by atoms with Crippen molar-refractivity contribution >= 4 is 23.2 Å². The van der Waals surface area contributed by atoms with Crippen molar-refractivity contribution in [3.05, 3.63) is 16.1 Å². The lowest BCUT2D eigenvalue weighted by Crippen LogP contribution is -2.42. The van der Waals surface area contributed by atoms with Crippen molar-refractivity contribution < 1.29 is 9.59 Å². The molecule has 106 valence electrons. The first-order chi connectivity index (χ1) is 8.97. The number of thiazole rings is 1. The zero-order chi connectivity index (χ0) is 14.4. The number of rotatable bonds is 6. The lowest BCUT2D eigenvalue weighted by atomic mass is 10.3. The van der Waals surface area contributed by atoms with Gasteiger partial charge in [-0.15, -0.1) is 11.3 Å². The molecule has 3 N–H and O–H groups in total. The molecule has 0 aliphatic rings. The number of aromatic nitrogens is 1. The van der Waals surface area contributed by atoms with Gasteiger partial charge >= 0.3 is 0 Å². The Bertz CT molecular complexity index is 445. The van der Waals surface area contributed by atoms with E-state index in [2.05, 4.69) is 10.3 Å². The van der Waals surface area contributed by atoms with E-state index in [0.717, 1.165) is 0 Å². The van der Waals surface area contributed by atoms with Crippen LogP contribution in [0.15, 0.2) is 5.38 Å². The summed E-state index contributed by atoms with van der Waals surface area (Å²) < 4.78 is 0. The van der Waals surface area contributed by atoms with Crippen LogP contribution in [0.4, 0.5) is 0 Å². The summed E-state index contributed by atoms with van der Waals surface area (Å²) in [4.78, 5) is 29.5. The molecule has 0 bridgehead atoms. The molecule has 0 fully saturated rings. The number of carbonyl (C=O) groups is 2. The van der Waals surface area contributed by atoms with Crippen LogP contribution >= 0.6 is 11.3 Å². The zero-order valence-corrected chi connectivity index (χ0v) is 12.3. The average Bonchev–Trinajstić information content (AvgIpc) is 2.82. The van der Waals surface area contributed by atoms with E-state index in [9.17, 15) is 9.59 Å². The van der Waals surface area contributed by atoms with E-state index in [1.807, 2.05) is 20.8 Å². The highest BCUT2D eigenvalue weighted by atomic mass is 32.1. The van der Waals surface area contributed by atoms with Crippen LogP contribution in [0.3, 0.4) is 0 Å². The maximum atomic E-state index is 12.2. The molecule has 1 aromatic rings. The van der Waals surface area contributed by atoms with Crippen molar-refractivity contribution in [3.63, 3.8) is 0 Å². The van der Waals surface area contributed by atoms with Gasteiger partial charge in [0.1, 0.15) is 10.7 Å². The molecule has 0 spiro atoms. The normalized spacial score (nSPS) is 10.6. The van der Waals surface area contributed by atoms with Gasteiger partial charge in [0, 0.05) is 24.5 Å². The summed E-state index contributed by atoms with van der Waals surface area (Å²) in [5.41, 5.74) is 5.82. The fourth-order valence-electron chi connectivity index (χ4n) is 1.53. The summed E-state index contributed by atoms with van der Waals surface area (Å²) in [6.07, 6.45) is 0. The Morgan fingerprint density at radius 2 is 2.21 bits per heavy atom. The molecule has 0 radical (unpaired) electrons. The second-order valence-corrected chi connectivity index (χ2v) is 5.31. The Kier molecular flexibility index (Phi) is 5.91. The van der Waals surface area contributed by atoms with Gasteiger partial charge in [0.15, 0.2) is 0 Å². The van der Waals surface area contributed by atoms with Gasteiger partial charge in [0.05, 0.1) is 6.54 Å². The average molecular weight is 284 g/mol. The molecule has 19 heavy (non-hydrogen) atoms. The number of hydrogen-bond acceptors (Lipinski definition) is 5. The van der Waals surface area contributed by atoms with Crippen LogP contribution in [0, 0.1) is 0 Å². The first kappa shape index (κ1) is 15.6. The Hall–Kier alpha value is -1.47. The molecule has 1 rings (SSSR count). The summed E-state index contributed by atoms with van der Waals surface area (Å²) in [5.74, 6) is -0.406. The van der Waals surface area contributed by atoms with Crippen molar-refractivity contribution in [2.24, 2.45) is 5.73 Å². The van der Waals surface area contributed by atoms with E-state index in [1.165, 1.54) is 16.2 Å². The zero-order valence-electron chi connectivity index (χ0n) is 11.5. The third kappa shape index (κ3) is 4.60. The molecular formula is C12H20N4O2S. The molecule has 0 aliphatic carbocycles. The van der Waals surface area contributed by atoms with Gasteiger partial charge in [-0.05, 0) is 20.8 Å². The van der Waals surface area contributed by atoms with Crippen molar-refractivity contribution in [1.29, 1.82) is 0 Å². The second kappa shape index (κ2) is 7.20. The molecule has 1 aromatic heterocycles. The molecular weight excluding hydrogens is 264 g/mol. The van der Waals surface area contributed by atoms with Gasteiger partial charge < -0.3 is 16.0 Å². The fourth-order valence-corrected chi connectivity index (χ4v) is 2.18. The van der Waals surface area contributed by atoms with Gasteiger partial charge in [0.25, 0.3) is 5.91 Å². The van der Waals surface area contributed by atoms with Crippen LogP contribution in [0.1, 0.15) is 36.3 Å². The van der Waals surface area contributed by atoms with E-state index in [-0.39, 0.29) is 24.4 Å². The minimum Gasteiger partial charge on any atom is -0.352 e. The molecule has 0 aliphatic heterocycles. The highest BCUT2D eigenvalue weighted by Gasteiger charge is 2.19. The second-order valence-electron chi connectivity index (χ2n) is 4.37. The molecule has 1 heterocycles. The van der Waals surface area contributed by atoms with E-state index in [0.29, 0.717) is 23.8 Å². The number of hydrogen-bond donors (Lipinski definition) is 2. The van der Waals surface area contributed by atoms with Crippen LogP contribution in [0.2, 0.25) is 0 Å². The lowest BCUT2D eigenvalue weighted by molar-refractivity contribution is -0.122. The van der Waals surface area contributed by atoms with Crippen LogP contribution in [0.5, 0.6) is 0 Å². The first-order valence-electron chi connectivity index (χ1n) is 6.21. The number of nitrogens with two attached hydrogens (primary N) is 1. The van der Waals surface area contributed by atoms with Gasteiger partial charge in [-0.3, -0.25) is 9.59 Å². The Morgan fingerprint density at radius 1 is 1.53 bits per heavy atom. The summed E-state index contributed by atoms with van der Waals surface area (Å²) in [6, 6.07) is 0.0597. The molecule has 0 saturated carbocycles. The highest BCUT2D eigenvalue weighted by Crippen LogP contribution is 2.11. The molecule has 7 heteroatoms. The van der Waals surface area contributed by atoms with Gasteiger partial charge in [-0.2, -0.15) is 0 Å². The number of carbonyl (C=O) groups excluding carboxylic acids is 2. The third-order valence-electron chi connectivity index (χ3n) is 2.40. The fraction of sp³-hybridized carbons (Fsp3) is 0.583. The van der Waals surface area contributed by atoms with E-state index in [4.69, 9.17) is 5.73 Å². The minimum atomic E-state index is -0.239.